The van der Waals surface area contributed by atoms with Gasteiger partial charge in [-0.05, 0) is 37.5 Å². The van der Waals surface area contributed by atoms with Gasteiger partial charge in [0.25, 0.3) is 10.1 Å². The Hall–Kier alpha value is -0.870. The minimum Gasteiger partial charge on any atom is -0.427 e. The second kappa shape index (κ2) is 8.48. The predicted octanol–water partition coefficient (Wildman–Crippen LogP) is 3.09. The lowest BCUT2D eigenvalue weighted by Crippen LogP contribution is -2.32. The number of halogens is 1. The van der Waals surface area contributed by atoms with E-state index >= 15 is 0 Å². The van der Waals surface area contributed by atoms with Crippen molar-refractivity contribution in [2.24, 2.45) is 0 Å². The molecule has 0 bridgehead atoms. The Morgan fingerprint density at radius 2 is 1.96 bits per heavy atom. The van der Waals surface area contributed by atoms with Crippen molar-refractivity contribution >= 4 is 39.0 Å². The van der Waals surface area contributed by atoms with Gasteiger partial charge in [-0.1, -0.05) is 19.9 Å². The highest BCUT2D eigenvalue weighted by Crippen LogP contribution is 2.38. The molecule has 8 heteroatoms. The number of nitrogens with one attached hydrogen (secondary N) is 1. The largest absolute Gasteiger partial charge is 0.427 e. The van der Waals surface area contributed by atoms with Crippen molar-refractivity contribution in [3.63, 3.8) is 0 Å². The average molecular weight is 469 g/mol. The lowest BCUT2D eigenvalue weighted by molar-refractivity contribution is -0.122. The summed E-state index contributed by atoms with van der Waals surface area (Å²) < 4.78 is 35.4. The molecule has 1 aromatic carbocycles. The van der Waals surface area contributed by atoms with Gasteiger partial charge in [0.05, 0.1) is 5.75 Å². The molecule has 0 spiro atoms. The van der Waals surface area contributed by atoms with Crippen molar-refractivity contribution in [2.45, 2.75) is 46.0 Å². The van der Waals surface area contributed by atoms with Gasteiger partial charge in [0.1, 0.15) is 5.75 Å². The summed E-state index contributed by atoms with van der Waals surface area (Å²) in [7, 11) is -3.99. The number of aryl methyl sites for hydroxylation is 2. The van der Waals surface area contributed by atoms with E-state index in [1.54, 1.807) is 0 Å². The zero-order chi connectivity index (χ0) is 18.5. The number of rotatable bonds is 8. The molecular formula is C16H24INO5S. The molecule has 2 N–H and O–H groups in total. The maximum atomic E-state index is 12.2. The van der Waals surface area contributed by atoms with E-state index in [1.807, 2.05) is 56.8 Å². The summed E-state index contributed by atoms with van der Waals surface area (Å²) in [4.78, 5) is 12.2. The molecule has 0 aliphatic rings. The third kappa shape index (κ3) is 6.56. The van der Waals surface area contributed by atoms with Crippen LogP contribution < -0.4 is 8.38 Å². The van der Waals surface area contributed by atoms with Crippen LogP contribution in [-0.4, -0.2) is 31.2 Å². The molecule has 0 saturated heterocycles. The minimum absolute atomic E-state index is 0.172. The van der Waals surface area contributed by atoms with Crippen LogP contribution in [0.4, 0.5) is 0 Å². The first kappa shape index (κ1) is 21.2. The summed E-state index contributed by atoms with van der Waals surface area (Å²) in [6, 6.07) is 4.00. The second-order valence-electron chi connectivity index (χ2n) is 6.58. The molecule has 0 atom stereocenters. The van der Waals surface area contributed by atoms with Crippen molar-refractivity contribution in [2.75, 3.05) is 12.3 Å². The molecule has 24 heavy (non-hydrogen) atoms. The van der Waals surface area contributed by atoms with Crippen LogP contribution in [0.1, 0.15) is 43.4 Å². The van der Waals surface area contributed by atoms with Crippen molar-refractivity contribution < 1.29 is 20.8 Å². The first-order chi connectivity index (χ1) is 11.0. The number of amides is 1. The van der Waals surface area contributed by atoms with Crippen LogP contribution >= 0.6 is 23.0 Å². The van der Waals surface area contributed by atoms with E-state index in [9.17, 15) is 13.2 Å². The third-order valence-corrected chi connectivity index (χ3v) is 4.99. The summed E-state index contributed by atoms with van der Waals surface area (Å²) in [5.41, 5.74) is 2.70. The Bertz CT molecular complexity index is 701. The smallest absolute Gasteiger partial charge is 0.264 e. The Labute approximate surface area is 157 Å². The zero-order valence-corrected chi connectivity index (χ0v) is 17.3. The highest BCUT2D eigenvalue weighted by molar-refractivity contribution is 14.1. The first-order valence-corrected chi connectivity index (χ1v) is 10.1. The second-order valence-corrected chi connectivity index (χ2v) is 8.59. The fourth-order valence-corrected chi connectivity index (χ4v) is 3.75. The van der Waals surface area contributed by atoms with E-state index in [4.69, 9.17) is 7.62 Å². The fraction of sp³-hybridized carbons (Fsp3) is 0.562. The SMILES string of the molecule is Cc1cc(C)c(C(C)(C)CC(=O)NCCCS(=O)(=O)O)c(OI)c1. The maximum absolute atomic E-state index is 12.2. The van der Waals surface area contributed by atoms with Gasteiger partial charge < -0.3 is 8.38 Å². The van der Waals surface area contributed by atoms with Gasteiger partial charge in [0.15, 0.2) is 23.0 Å². The summed E-state index contributed by atoms with van der Waals surface area (Å²) in [5, 5.41) is 2.69. The van der Waals surface area contributed by atoms with Crippen molar-refractivity contribution in [1.29, 1.82) is 0 Å². The fourth-order valence-electron chi connectivity index (χ4n) is 2.89. The van der Waals surface area contributed by atoms with Gasteiger partial charge in [0, 0.05) is 23.9 Å². The van der Waals surface area contributed by atoms with Crippen LogP contribution in [0.25, 0.3) is 0 Å². The monoisotopic (exact) mass is 469 g/mol. The van der Waals surface area contributed by atoms with E-state index in [-0.39, 0.29) is 31.0 Å². The Morgan fingerprint density at radius 1 is 1.33 bits per heavy atom. The molecule has 136 valence electrons. The average Bonchev–Trinajstić information content (AvgIpc) is 2.40. The predicted molar refractivity (Wildman–Crippen MR) is 102 cm³/mol. The first-order valence-electron chi connectivity index (χ1n) is 7.58. The Kier molecular flexibility index (Phi) is 7.48. The van der Waals surface area contributed by atoms with Crippen LogP contribution in [0.15, 0.2) is 12.1 Å². The van der Waals surface area contributed by atoms with Crippen LogP contribution in [-0.2, 0) is 20.3 Å². The number of hydrogen-bond donors (Lipinski definition) is 2. The molecule has 6 nitrogen and oxygen atoms in total. The quantitative estimate of drug-likeness (QED) is 0.347. The summed E-state index contributed by atoms with van der Waals surface area (Å²) in [6.07, 6.45) is 0.423. The number of hydrogen-bond acceptors (Lipinski definition) is 4. The number of carbonyl (C=O) groups is 1. The van der Waals surface area contributed by atoms with Crippen molar-refractivity contribution in [1.82, 2.24) is 5.32 Å². The van der Waals surface area contributed by atoms with E-state index in [1.165, 1.54) is 0 Å². The van der Waals surface area contributed by atoms with Crippen molar-refractivity contribution in [3.05, 3.63) is 28.8 Å². The molecule has 0 heterocycles. The normalized spacial score (nSPS) is 12.1. The van der Waals surface area contributed by atoms with Crippen LogP contribution in [0.2, 0.25) is 0 Å². The summed E-state index contributed by atoms with van der Waals surface area (Å²) >= 11 is 1.84. The maximum Gasteiger partial charge on any atom is 0.264 e. The van der Waals surface area contributed by atoms with Gasteiger partial charge in [-0.2, -0.15) is 8.42 Å². The molecule has 1 amide bonds. The van der Waals surface area contributed by atoms with Crippen molar-refractivity contribution in [3.8, 4) is 5.75 Å². The molecule has 0 aliphatic heterocycles. The Morgan fingerprint density at radius 3 is 2.50 bits per heavy atom. The molecule has 0 aliphatic carbocycles. The molecular weight excluding hydrogens is 445 g/mol. The van der Waals surface area contributed by atoms with Gasteiger partial charge in [0.2, 0.25) is 5.91 Å². The molecule has 0 saturated carbocycles. The molecule has 0 aromatic heterocycles. The standard InChI is InChI=1S/C16H24INO5S/c1-11-8-12(2)15(13(9-11)23-17)16(3,4)10-14(19)18-6-5-7-24(20,21)22/h8-9H,5-7,10H2,1-4H3,(H,18,19)(H,20,21,22). The van der Waals surface area contributed by atoms with E-state index in [0.29, 0.717) is 0 Å². The number of carbonyl (C=O) groups excluding carboxylic acids is 1. The zero-order valence-electron chi connectivity index (χ0n) is 14.3. The van der Waals surface area contributed by atoms with Gasteiger partial charge in [-0.3, -0.25) is 9.35 Å². The highest BCUT2D eigenvalue weighted by Gasteiger charge is 2.29. The van der Waals surface area contributed by atoms with Crippen LogP contribution in [0.3, 0.4) is 0 Å². The molecule has 1 aromatic rings. The highest BCUT2D eigenvalue weighted by atomic mass is 127. The summed E-state index contributed by atoms with van der Waals surface area (Å²) in [6.45, 7) is 8.14. The van der Waals surface area contributed by atoms with Crippen LogP contribution in [0.5, 0.6) is 5.75 Å². The van der Waals surface area contributed by atoms with Crippen LogP contribution in [0, 0.1) is 13.8 Å². The molecule has 1 rings (SSSR count). The van der Waals surface area contributed by atoms with E-state index < -0.39 is 15.5 Å². The summed E-state index contributed by atoms with van der Waals surface area (Å²) in [5.74, 6) is 0.215. The van der Waals surface area contributed by atoms with E-state index in [0.717, 1.165) is 22.4 Å². The lowest BCUT2D eigenvalue weighted by atomic mass is 9.78. The van der Waals surface area contributed by atoms with Gasteiger partial charge >= 0.3 is 0 Å². The molecule has 0 radical (unpaired) electrons. The lowest BCUT2D eigenvalue weighted by Gasteiger charge is -2.28. The van der Waals surface area contributed by atoms with Gasteiger partial charge in [-0.25, -0.2) is 0 Å². The third-order valence-electron chi connectivity index (χ3n) is 3.71. The number of benzene rings is 1. The topological polar surface area (TPSA) is 92.7 Å². The minimum atomic E-state index is -3.99. The Balaban J connectivity index is 2.77. The van der Waals surface area contributed by atoms with E-state index in [2.05, 4.69) is 11.4 Å². The molecule has 0 unspecified atom stereocenters. The van der Waals surface area contributed by atoms with Gasteiger partial charge in [-0.15, -0.1) is 0 Å². The molecule has 0 fully saturated rings.